The average molecular weight is 291 g/mol. The number of hydrogen-bond acceptors (Lipinski definition) is 1. The number of nitrogens with one attached hydrogen (secondary N) is 1. The first-order chi connectivity index (χ1) is 10.3. The molecule has 1 aromatic carbocycles. The van der Waals surface area contributed by atoms with E-state index in [4.69, 9.17) is 0 Å². The maximum Gasteiger partial charge on any atom is 0.123 e. The van der Waals surface area contributed by atoms with Crippen LogP contribution >= 0.6 is 0 Å². The Bertz CT molecular complexity index is 379. The Kier molecular flexibility index (Phi) is 7.80. The summed E-state index contributed by atoms with van der Waals surface area (Å²) in [4.78, 5) is 0. The largest absolute Gasteiger partial charge is 0.310 e. The predicted molar refractivity (Wildman–Crippen MR) is 87.8 cm³/mol. The van der Waals surface area contributed by atoms with Gasteiger partial charge in [0.2, 0.25) is 0 Å². The summed E-state index contributed by atoms with van der Waals surface area (Å²) >= 11 is 0. The summed E-state index contributed by atoms with van der Waals surface area (Å²) in [5, 5.41) is 3.65. The summed E-state index contributed by atoms with van der Waals surface area (Å²) in [6, 6.07) is 7.56. The first-order valence-corrected chi connectivity index (χ1v) is 8.82. The molecule has 0 unspecified atom stereocenters. The zero-order valence-corrected chi connectivity index (χ0v) is 13.2. The Morgan fingerprint density at radius 3 is 2.00 bits per heavy atom. The fraction of sp³-hybridized carbons (Fsp3) is 0.684. The second kappa shape index (κ2) is 9.94. The summed E-state index contributed by atoms with van der Waals surface area (Å²) in [6.07, 6.45) is 15.0. The van der Waals surface area contributed by atoms with Crippen LogP contribution in [0.4, 0.5) is 4.39 Å². The van der Waals surface area contributed by atoms with Crippen LogP contribution in [0.15, 0.2) is 24.3 Å². The van der Waals surface area contributed by atoms with Crippen molar-refractivity contribution >= 4 is 0 Å². The second-order valence-corrected chi connectivity index (χ2v) is 6.47. The van der Waals surface area contributed by atoms with Crippen LogP contribution in [-0.2, 0) is 6.54 Å². The van der Waals surface area contributed by atoms with Gasteiger partial charge in [0.25, 0.3) is 0 Å². The molecule has 1 aromatic rings. The first-order valence-electron chi connectivity index (χ1n) is 8.82. The molecule has 1 fully saturated rings. The molecule has 2 heteroatoms. The molecule has 0 aliphatic heterocycles. The van der Waals surface area contributed by atoms with Crippen LogP contribution in [0.25, 0.3) is 0 Å². The van der Waals surface area contributed by atoms with E-state index < -0.39 is 0 Å². The topological polar surface area (TPSA) is 12.0 Å². The molecule has 0 radical (unpaired) electrons. The third-order valence-electron chi connectivity index (χ3n) is 4.59. The van der Waals surface area contributed by atoms with E-state index in [1.54, 1.807) is 12.1 Å². The molecular weight excluding hydrogens is 261 g/mol. The molecular formula is C19H30FN. The molecule has 1 saturated carbocycles. The molecule has 1 aliphatic rings. The summed E-state index contributed by atoms with van der Waals surface area (Å²) in [5.74, 6) is -0.131. The lowest BCUT2D eigenvalue weighted by Gasteiger charge is -2.19. The van der Waals surface area contributed by atoms with Crippen molar-refractivity contribution < 1.29 is 4.39 Å². The quantitative estimate of drug-likeness (QED) is 0.765. The summed E-state index contributed by atoms with van der Waals surface area (Å²) in [6.45, 7) is 0.794. The number of hydrogen-bond donors (Lipinski definition) is 1. The van der Waals surface area contributed by atoms with Gasteiger partial charge in [0.15, 0.2) is 0 Å². The minimum absolute atomic E-state index is 0.131. The fourth-order valence-corrected chi connectivity index (χ4v) is 3.28. The molecule has 0 aromatic heterocycles. The fourth-order valence-electron chi connectivity index (χ4n) is 3.28. The Labute approximate surface area is 129 Å². The van der Waals surface area contributed by atoms with Crippen molar-refractivity contribution in [1.29, 1.82) is 0 Å². The smallest absolute Gasteiger partial charge is 0.123 e. The third-order valence-corrected chi connectivity index (χ3v) is 4.59. The van der Waals surface area contributed by atoms with Gasteiger partial charge < -0.3 is 5.32 Å². The van der Waals surface area contributed by atoms with Gasteiger partial charge in [-0.05, 0) is 30.5 Å². The van der Waals surface area contributed by atoms with Crippen molar-refractivity contribution in [3.63, 3.8) is 0 Å². The van der Waals surface area contributed by atoms with Gasteiger partial charge in [0.1, 0.15) is 5.82 Å². The van der Waals surface area contributed by atoms with E-state index in [-0.39, 0.29) is 5.82 Å². The van der Waals surface area contributed by atoms with Crippen molar-refractivity contribution in [2.24, 2.45) is 0 Å². The molecule has 1 N–H and O–H groups in total. The maximum absolute atomic E-state index is 13.2. The minimum Gasteiger partial charge on any atom is -0.310 e. The molecule has 118 valence electrons. The average Bonchev–Trinajstić information content (AvgIpc) is 2.47. The molecule has 0 atom stereocenters. The Morgan fingerprint density at radius 1 is 0.857 bits per heavy atom. The summed E-state index contributed by atoms with van der Waals surface area (Å²) in [7, 11) is 0. The SMILES string of the molecule is Fc1cccc(CNC2CCCCCCCCCCC2)c1. The highest BCUT2D eigenvalue weighted by atomic mass is 19.1. The minimum atomic E-state index is -0.131. The van der Waals surface area contributed by atoms with Gasteiger partial charge in [-0.2, -0.15) is 0 Å². The van der Waals surface area contributed by atoms with Crippen LogP contribution in [-0.4, -0.2) is 6.04 Å². The molecule has 1 nitrogen and oxygen atoms in total. The van der Waals surface area contributed by atoms with Gasteiger partial charge in [0.05, 0.1) is 0 Å². The molecule has 0 spiro atoms. The second-order valence-electron chi connectivity index (χ2n) is 6.47. The Hall–Kier alpha value is -0.890. The zero-order chi connectivity index (χ0) is 14.8. The summed E-state index contributed by atoms with van der Waals surface area (Å²) < 4.78 is 13.2. The van der Waals surface area contributed by atoms with Crippen LogP contribution in [0.2, 0.25) is 0 Å². The van der Waals surface area contributed by atoms with Crippen LogP contribution in [0, 0.1) is 5.82 Å². The van der Waals surface area contributed by atoms with Crippen molar-refractivity contribution in [1.82, 2.24) is 5.32 Å². The van der Waals surface area contributed by atoms with Gasteiger partial charge in [-0.1, -0.05) is 69.9 Å². The predicted octanol–water partition coefficient (Wildman–Crippen LogP) is 5.59. The van der Waals surface area contributed by atoms with E-state index >= 15 is 0 Å². The van der Waals surface area contributed by atoms with Gasteiger partial charge in [-0.3, -0.25) is 0 Å². The van der Waals surface area contributed by atoms with Crippen LogP contribution in [0.3, 0.4) is 0 Å². The highest BCUT2D eigenvalue weighted by Crippen LogP contribution is 2.17. The van der Waals surface area contributed by atoms with Crippen LogP contribution in [0.5, 0.6) is 0 Å². The Balaban J connectivity index is 1.77. The highest BCUT2D eigenvalue weighted by Gasteiger charge is 2.09. The van der Waals surface area contributed by atoms with Crippen molar-refractivity contribution in [2.75, 3.05) is 0 Å². The van der Waals surface area contributed by atoms with Gasteiger partial charge in [0, 0.05) is 12.6 Å². The van der Waals surface area contributed by atoms with Crippen molar-refractivity contribution in [3.8, 4) is 0 Å². The van der Waals surface area contributed by atoms with Gasteiger partial charge in [-0.15, -0.1) is 0 Å². The van der Waals surface area contributed by atoms with E-state index in [0.717, 1.165) is 12.1 Å². The lowest BCUT2D eigenvalue weighted by atomic mass is 9.98. The highest BCUT2D eigenvalue weighted by molar-refractivity contribution is 5.16. The first kappa shape index (κ1) is 16.5. The van der Waals surface area contributed by atoms with E-state index in [1.807, 2.05) is 6.07 Å². The molecule has 1 aliphatic carbocycles. The zero-order valence-electron chi connectivity index (χ0n) is 13.2. The molecule has 2 rings (SSSR count). The standard InChI is InChI=1S/C19H30FN/c20-18-12-10-11-17(15-18)16-21-19-13-8-6-4-2-1-3-5-7-9-14-19/h10-12,15,19,21H,1-9,13-14,16H2. The lowest BCUT2D eigenvalue weighted by Crippen LogP contribution is -2.28. The molecule has 21 heavy (non-hydrogen) atoms. The number of benzene rings is 1. The maximum atomic E-state index is 13.2. The van der Waals surface area contributed by atoms with Crippen LogP contribution < -0.4 is 5.32 Å². The molecule has 0 heterocycles. The van der Waals surface area contributed by atoms with Gasteiger partial charge in [-0.25, -0.2) is 4.39 Å². The monoisotopic (exact) mass is 291 g/mol. The normalized spacial score (nSPS) is 19.7. The summed E-state index contributed by atoms with van der Waals surface area (Å²) in [5.41, 5.74) is 1.06. The molecule has 0 saturated heterocycles. The Morgan fingerprint density at radius 2 is 1.43 bits per heavy atom. The van der Waals surface area contributed by atoms with Crippen molar-refractivity contribution in [3.05, 3.63) is 35.6 Å². The van der Waals surface area contributed by atoms with E-state index in [2.05, 4.69) is 5.32 Å². The molecule has 0 bridgehead atoms. The third kappa shape index (κ3) is 7.08. The van der Waals surface area contributed by atoms with Gasteiger partial charge >= 0.3 is 0 Å². The van der Waals surface area contributed by atoms with E-state index in [0.29, 0.717) is 6.04 Å². The van der Waals surface area contributed by atoms with Crippen LogP contribution in [0.1, 0.15) is 76.2 Å². The van der Waals surface area contributed by atoms with E-state index in [1.165, 1.54) is 76.7 Å². The number of rotatable bonds is 3. The molecule has 0 amide bonds. The lowest BCUT2D eigenvalue weighted by molar-refractivity contribution is 0.403. The van der Waals surface area contributed by atoms with Crippen molar-refractivity contribution in [2.45, 2.75) is 83.2 Å². The number of halogens is 1. The van der Waals surface area contributed by atoms with E-state index in [9.17, 15) is 4.39 Å².